The monoisotopic (exact) mass is 229 g/mol. The lowest BCUT2D eigenvalue weighted by atomic mass is 10.3. The molecule has 1 heterocycles. The molecule has 0 saturated heterocycles. The molecule has 1 aromatic rings. The van der Waals surface area contributed by atoms with Gasteiger partial charge in [-0.3, -0.25) is 0 Å². The first-order valence-electron chi connectivity index (χ1n) is 4.88. The molecule has 1 rings (SSSR count). The van der Waals surface area contributed by atoms with Crippen molar-refractivity contribution >= 4 is 29.0 Å². The molecule has 0 radical (unpaired) electrons. The molecule has 1 unspecified atom stereocenters. The molecule has 0 aliphatic carbocycles. The van der Waals surface area contributed by atoms with Gasteiger partial charge in [0.15, 0.2) is 0 Å². The molecule has 0 aliphatic heterocycles. The quantitative estimate of drug-likeness (QED) is 0.810. The van der Waals surface area contributed by atoms with E-state index >= 15 is 0 Å². The van der Waals surface area contributed by atoms with Crippen LogP contribution in [0, 0.1) is 0 Å². The number of rotatable bonds is 5. The van der Waals surface area contributed by atoms with E-state index in [1.807, 2.05) is 11.4 Å². The lowest BCUT2D eigenvalue weighted by Crippen LogP contribution is -2.24. The standard InChI is InChI=1S/C11H16ClNS/c1-3-6-13-9(2)4-5-11-7-10(12)8-14-11/h4-5,7-9,13H,3,6H2,1-2H3/b5-4+. The van der Waals surface area contributed by atoms with Crippen LogP contribution in [0.1, 0.15) is 25.1 Å². The van der Waals surface area contributed by atoms with Crippen LogP contribution in [0.5, 0.6) is 0 Å². The summed E-state index contributed by atoms with van der Waals surface area (Å²) in [5.74, 6) is 0. The number of halogens is 1. The van der Waals surface area contributed by atoms with E-state index in [0.717, 1.165) is 11.6 Å². The lowest BCUT2D eigenvalue weighted by molar-refractivity contribution is 0.625. The molecule has 0 spiro atoms. The van der Waals surface area contributed by atoms with E-state index in [-0.39, 0.29) is 0 Å². The largest absolute Gasteiger partial charge is 0.311 e. The second-order valence-electron chi connectivity index (χ2n) is 3.27. The van der Waals surface area contributed by atoms with Crippen molar-refractivity contribution in [3.63, 3.8) is 0 Å². The minimum Gasteiger partial charge on any atom is -0.311 e. The summed E-state index contributed by atoms with van der Waals surface area (Å²) < 4.78 is 0. The molecule has 0 aromatic carbocycles. The highest BCUT2D eigenvalue weighted by Gasteiger charge is 1.95. The van der Waals surface area contributed by atoms with Gasteiger partial charge in [-0.25, -0.2) is 0 Å². The fourth-order valence-corrected chi connectivity index (χ4v) is 2.08. The third-order valence-electron chi connectivity index (χ3n) is 1.85. The minimum atomic E-state index is 0.427. The highest BCUT2D eigenvalue weighted by Crippen LogP contribution is 2.20. The molecule has 0 aliphatic rings. The Hall–Kier alpha value is -0.310. The zero-order chi connectivity index (χ0) is 10.4. The summed E-state index contributed by atoms with van der Waals surface area (Å²) in [6.07, 6.45) is 5.45. The molecule has 0 bridgehead atoms. The van der Waals surface area contributed by atoms with Crippen LogP contribution in [0.2, 0.25) is 5.02 Å². The van der Waals surface area contributed by atoms with Gasteiger partial charge in [0.1, 0.15) is 0 Å². The number of thiophene rings is 1. The summed E-state index contributed by atoms with van der Waals surface area (Å²) in [5, 5.41) is 6.17. The molecular formula is C11H16ClNS. The maximum Gasteiger partial charge on any atom is 0.0519 e. The molecule has 1 aromatic heterocycles. The van der Waals surface area contributed by atoms with E-state index in [2.05, 4.69) is 31.3 Å². The predicted molar refractivity (Wildman–Crippen MR) is 66.1 cm³/mol. The van der Waals surface area contributed by atoms with Crippen molar-refractivity contribution in [2.75, 3.05) is 6.54 Å². The van der Waals surface area contributed by atoms with Crippen LogP contribution in [0.3, 0.4) is 0 Å². The van der Waals surface area contributed by atoms with Crippen molar-refractivity contribution in [2.45, 2.75) is 26.3 Å². The van der Waals surface area contributed by atoms with Gasteiger partial charge < -0.3 is 5.32 Å². The Bertz CT molecular complexity index is 293. The van der Waals surface area contributed by atoms with Gasteiger partial charge in [-0.15, -0.1) is 11.3 Å². The number of hydrogen-bond donors (Lipinski definition) is 1. The molecule has 78 valence electrons. The van der Waals surface area contributed by atoms with Gasteiger partial charge in [0.2, 0.25) is 0 Å². The van der Waals surface area contributed by atoms with Crippen LogP contribution in [-0.2, 0) is 0 Å². The second kappa shape index (κ2) is 6.23. The Balaban J connectivity index is 2.39. The van der Waals surface area contributed by atoms with Crippen molar-refractivity contribution in [1.29, 1.82) is 0 Å². The SMILES string of the molecule is CCCNC(C)/C=C/c1cc(Cl)cs1. The smallest absolute Gasteiger partial charge is 0.0519 e. The normalized spacial score (nSPS) is 13.6. The molecule has 1 nitrogen and oxygen atoms in total. The molecule has 14 heavy (non-hydrogen) atoms. The van der Waals surface area contributed by atoms with E-state index in [0.29, 0.717) is 6.04 Å². The van der Waals surface area contributed by atoms with E-state index in [1.165, 1.54) is 11.3 Å². The lowest BCUT2D eigenvalue weighted by Gasteiger charge is -2.06. The fourth-order valence-electron chi connectivity index (χ4n) is 1.09. The van der Waals surface area contributed by atoms with Crippen molar-refractivity contribution in [2.24, 2.45) is 0 Å². The summed E-state index contributed by atoms with van der Waals surface area (Å²) in [6, 6.07) is 2.41. The minimum absolute atomic E-state index is 0.427. The van der Waals surface area contributed by atoms with Crippen LogP contribution in [-0.4, -0.2) is 12.6 Å². The van der Waals surface area contributed by atoms with Crippen LogP contribution < -0.4 is 5.32 Å². The highest BCUT2D eigenvalue weighted by molar-refractivity contribution is 7.11. The molecule has 3 heteroatoms. The average molecular weight is 230 g/mol. The topological polar surface area (TPSA) is 12.0 Å². The maximum atomic E-state index is 5.82. The molecule has 0 amide bonds. The Morgan fingerprint density at radius 3 is 3.00 bits per heavy atom. The maximum absolute atomic E-state index is 5.82. The third kappa shape index (κ3) is 4.27. The van der Waals surface area contributed by atoms with Crippen molar-refractivity contribution < 1.29 is 0 Å². The zero-order valence-corrected chi connectivity index (χ0v) is 10.2. The second-order valence-corrected chi connectivity index (χ2v) is 4.65. The van der Waals surface area contributed by atoms with Crippen molar-refractivity contribution in [3.05, 3.63) is 27.4 Å². The van der Waals surface area contributed by atoms with Gasteiger partial charge >= 0.3 is 0 Å². The van der Waals surface area contributed by atoms with Gasteiger partial charge in [0, 0.05) is 16.3 Å². The van der Waals surface area contributed by atoms with Gasteiger partial charge in [-0.05, 0) is 32.0 Å². The van der Waals surface area contributed by atoms with Crippen molar-refractivity contribution in [1.82, 2.24) is 5.32 Å². The Morgan fingerprint density at radius 1 is 1.64 bits per heavy atom. The molecular weight excluding hydrogens is 214 g/mol. The molecule has 1 N–H and O–H groups in total. The van der Waals surface area contributed by atoms with Crippen LogP contribution >= 0.6 is 22.9 Å². The van der Waals surface area contributed by atoms with Crippen molar-refractivity contribution in [3.8, 4) is 0 Å². The predicted octanol–water partition coefficient (Wildman–Crippen LogP) is 3.80. The van der Waals surface area contributed by atoms with Gasteiger partial charge in [-0.2, -0.15) is 0 Å². The number of hydrogen-bond acceptors (Lipinski definition) is 2. The molecule has 0 saturated carbocycles. The van der Waals surface area contributed by atoms with Gasteiger partial charge in [-0.1, -0.05) is 24.6 Å². The molecule has 1 atom stereocenters. The molecule has 0 fully saturated rings. The summed E-state index contributed by atoms with van der Waals surface area (Å²) >= 11 is 7.49. The highest BCUT2D eigenvalue weighted by atomic mass is 35.5. The summed E-state index contributed by atoms with van der Waals surface area (Å²) in [4.78, 5) is 1.21. The van der Waals surface area contributed by atoms with Gasteiger partial charge in [0.25, 0.3) is 0 Å². The van der Waals surface area contributed by atoms with E-state index in [1.54, 1.807) is 11.3 Å². The first kappa shape index (κ1) is 11.8. The fraction of sp³-hybridized carbons (Fsp3) is 0.455. The number of nitrogens with one attached hydrogen (secondary N) is 1. The van der Waals surface area contributed by atoms with Crippen LogP contribution in [0.4, 0.5) is 0 Å². The first-order valence-corrected chi connectivity index (χ1v) is 6.13. The first-order chi connectivity index (χ1) is 6.72. The van der Waals surface area contributed by atoms with E-state index in [9.17, 15) is 0 Å². The Labute approximate surface area is 94.8 Å². The zero-order valence-electron chi connectivity index (χ0n) is 8.59. The summed E-state index contributed by atoms with van der Waals surface area (Å²) in [6.45, 7) is 5.39. The summed E-state index contributed by atoms with van der Waals surface area (Å²) in [5.41, 5.74) is 0. The van der Waals surface area contributed by atoms with E-state index < -0.39 is 0 Å². The average Bonchev–Trinajstić information content (AvgIpc) is 2.58. The van der Waals surface area contributed by atoms with Gasteiger partial charge in [0.05, 0.1) is 5.02 Å². The van der Waals surface area contributed by atoms with Crippen LogP contribution in [0.25, 0.3) is 6.08 Å². The Kier molecular flexibility index (Phi) is 5.23. The summed E-state index contributed by atoms with van der Waals surface area (Å²) in [7, 11) is 0. The van der Waals surface area contributed by atoms with Crippen LogP contribution in [0.15, 0.2) is 17.5 Å². The van der Waals surface area contributed by atoms with E-state index in [4.69, 9.17) is 11.6 Å². The Morgan fingerprint density at radius 2 is 2.43 bits per heavy atom. The third-order valence-corrected chi connectivity index (χ3v) is 3.10.